The van der Waals surface area contributed by atoms with Crippen molar-refractivity contribution >= 4 is 52.4 Å². The third-order valence-corrected chi connectivity index (χ3v) is 5.70. The summed E-state index contributed by atoms with van der Waals surface area (Å²) < 4.78 is 15.4. The van der Waals surface area contributed by atoms with Gasteiger partial charge in [0, 0.05) is 17.7 Å². The van der Waals surface area contributed by atoms with Gasteiger partial charge in [-0.25, -0.2) is 4.79 Å². The minimum Gasteiger partial charge on any atom is -0.462 e. The minimum atomic E-state index is -0.730. The first-order valence-electron chi connectivity index (χ1n) is 12.2. The van der Waals surface area contributed by atoms with Gasteiger partial charge in [0.05, 0.1) is 37.6 Å². The number of rotatable bonds is 14. The van der Waals surface area contributed by atoms with Crippen LogP contribution in [0.2, 0.25) is 0 Å². The largest absolute Gasteiger partial charge is 0.462 e. The second-order valence-corrected chi connectivity index (χ2v) is 10.2. The van der Waals surface area contributed by atoms with Gasteiger partial charge >= 0.3 is 11.9 Å². The van der Waals surface area contributed by atoms with Crippen molar-refractivity contribution in [3.63, 3.8) is 0 Å². The summed E-state index contributed by atoms with van der Waals surface area (Å²) in [5.41, 5.74) is -0.262. The van der Waals surface area contributed by atoms with Gasteiger partial charge in [-0.2, -0.15) is 0 Å². The fraction of sp³-hybridized carbons (Fsp3) is 0.423. The molecule has 40 heavy (non-hydrogen) atoms. The van der Waals surface area contributed by atoms with Crippen LogP contribution in [-0.4, -0.2) is 96.4 Å². The van der Waals surface area contributed by atoms with Crippen LogP contribution in [-0.2, 0) is 38.2 Å². The molecule has 0 atom stereocenters. The summed E-state index contributed by atoms with van der Waals surface area (Å²) >= 11 is 0.703. The zero-order valence-corrected chi connectivity index (χ0v) is 23.2. The summed E-state index contributed by atoms with van der Waals surface area (Å²) in [5.74, 6) is -3.62. The highest BCUT2D eigenvalue weighted by Crippen LogP contribution is 2.17. The van der Waals surface area contributed by atoms with E-state index in [4.69, 9.17) is 14.2 Å². The molecule has 216 valence electrons. The van der Waals surface area contributed by atoms with Gasteiger partial charge in [0.1, 0.15) is 18.8 Å². The second kappa shape index (κ2) is 15.5. The van der Waals surface area contributed by atoms with Crippen molar-refractivity contribution in [3.05, 3.63) is 47.5 Å². The van der Waals surface area contributed by atoms with Gasteiger partial charge in [-0.3, -0.25) is 33.7 Å². The quantitative estimate of drug-likeness (QED) is 0.176. The molecule has 1 aliphatic heterocycles. The van der Waals surface area contributed by atoms with E-state index in [1.54, 1.807) is 20.8 Å². The van der Waals surface area contributed by atoms with E-state index in [0.29, 0.717) is 11.8 Å². The van der Waals surface area contributed by atoms with E-state index in [9.17, 15) is 33.6 Å². The number of nitrogens with zero attached hydrogens (tertiary/aromatic N) is 1. The number of carbonyl (C=O) groups excluding carboxylic acids is 7. The molecule has 1 aromatic rings. The van der Waals surface area contributed by atoms with E-state index in [-0.39, 0.29) is 43.2 Å². The zero-order chi connectivity index (χ0) is 29.7. The summed E-state index contributed by atoms with van der Waals surface area (Å²) in [5, 5.41) is 4.18. The Kier molecular flexibility index (Phi) is 12.5. The number of amides is 4. The topological polar surface area (TPSA) is 174 Å². The van der Waals surface area contributed by atoms with Crippen molar-refractivity contribution in [1.29, 1.82) is 0 Å². The molecule has 2 rings (SSSR count). The van der Waals surface area contributed by atoms with Gasteiger partial charge in [0.15, 0.2) is 0 Å². The first-order chi connectivity index (χ1) is 18.9. The Labute approximate surface area is 234 Å². The van der Waals surface area contributed by atoms with Gasteiger partial charge in [-0.05, 0) is 32.9 Å². The standard InChI is InChI=1S/C26H31N3O10S/c1-26(2,3)39-24(35)17-5-4-6-18(13-17)25(36)40-16-20(31)27-14-19(30)28-15-23(34)38-12-11-37-10-9-29-21(32)7-8-22(29)33/h4-8,13H,9-12,14-16H2,1-3H3,(H,27,31)(H,28,30). The summed E-state index contributed by atoms with van der Waals surface area (Å²) in [7, 11) is 0. The molecule has 0 aromatic heterocycles. The Morgan fingerprint density at radius 2 is 1.52 bits per heavy atom. The summed E-state index contributed by atoms with van der Waals surface area (Å²) in [4.78, 5) is 84.0. The number of hydrogen-bond acceptors (Lipinski definition) is 11. The number of imide groups is 1. The molecule has 0 saturated carbocycles. The van der Waals surface area contributed by atoms with Crippen LogP contribution in [0.1, 0.15) is 41.5 Å². The SMILES string of the molecule is CC(C)(C)OC(=O)c1cccc(C(=O)SCC(=O)NCC(=O)NCC(=O)OCCOCCN2C(=O)C=CC2=O)c1. The fourth-order valence-electron chi connectivity index (χ4n) is 2.96. The van der Waals surface area contributed by atoms with Crippen molar-refractivity contribution < 1.29 is 47.8 Å². The minimum absolute atomic E-state index is 0.0288. The van der Waals surface area contributed by atoms with Crippen molar-refractivity contribution in [2.75, 3.05) is 45.2 Å². The molecule has 0 fully saturated rings. The molecule has 0 unspecified atom stereocenters. The highest BCUT2D eigenvalue weighted by Gasteiger charge is 2.22. The summed E-state index contributed by atoms with van der Waals surface area (Å²) in [6, 6.07) is 5.95. The van der Waals surface area contributed by atoms with Crippen molar-refractivity contribution in [1.82, 2.24) is 15.5 Å². The molecule has 14 heteroatoms. The van der Waals surface area contributed by atoms with E-state index >= 15 is 0 Å². The lowest BCUT2D eigenvalue weighted by Crippen LogP contribution is -2.40. The van der Waals surface area contributed by atoms with Crippen LogP contribution < -0.4 is 10.6 Å². The Balaban J connectivity index is 1.57. The molecular formula is C26H31N3O10S. The number of hydrogen-bond donors (Lipinski definition) is 2. The monoisotopic (exact) mass is 577 g/mol. The number of nitrogens with one attached hydrogen (secondary N) is 2. The van der Waals surface area contributed by atoms with Crippen LogP contribution in [0.4, 0.5) is 0 Å². The summed E-state index contributed by atoms with van der Waals surface area (Å²) in [6.45, 7) is 4.42. The maximum Gasteiger partial charge on any atom is 0.338 e. The highest BCUT2D eigenvalue weighted by molar-refractivity contribution is 8.14. The smallest absolute Gasteiger partial charge is 0.338 e. The average molecular weight is 578 g/mol. The normalized spacial score (nSPS) is 12.7. The molecule has 4 amide bonds. The van der Waals surface area contributed by atoms with Crippen molar-refractivity contribution in [2.45, 2.75) is 26.4 Å². The highest BCUT2D eigenvalue weighted by atomic mass is 32.2. The zero-order valence-electron chi connectivity index (χ0n) is 22.4. The second-order valence-electron chi connectivity index (χ2n) is 9.21. The Bertz CT molecular complexity index is 1160. The van der Waals surface area contributed by atoms with Gasteiger partial charge in [0.2, 0.25) is 16.9 Å². The van der Waals surface area contributed by atoms with Crippen molar-refractivity contribution in [2.24, 2.45) is 0 Å². The predicted molar refractivity (Wildman–Crippen MR) is 142 cm³/mol. The number of carbonyl (C=O) groups is 7. The summed E-state index contributed by atoms with van der Waals surface area (Å²) in [6.07, 6.45) is 2.34. The molecule has 0 bridgehead atoms. The van der Waals surface area contributed by atoms with E-state index in [2.05, 4.69) is 10.6 Å². The molecule has 1 aliphatic rings. The predicted octanol–water partition coefficient (Wildman–Crippen LogP) is 0.233. The Morgan fingerprint density at radius 1 is 0.875 bits per heavy atom. The van der Waals surface area contributed by atoms with Crippen LogP contribution in [0.3, 0.4) is 0 Å². The number of esters is 2. The van der Waals surface area contributed by atoms with E-state index < -0.39 is 59.4 Å². The van der Waals surface area contributed by atoms with Gasteiger partial charge in [0.25, 0.3) is 11.8 Å². The van der Waals surface area contributed by atoms with Crippen LogP contribution in [0, 0.1) is 0 Å². The van der Waals surface area contributed by atoms with Crippen LogP contribution in [0.25, 0.3) is 0 Å². The first kappa shape index (κ1) is 32.2. The molecular weight excluding hydrogens is 546 g/mol. The molecule has 0 aliphatic carbocycles. The maximum absolute atomic E-state index is 12.4. The van der Waals surface area contributed by atoms with Gasteiger partial charge in [-0.1, -0.05) is 23.9 Å². The molecule has 1 aromatic carbocycles. The molecule has 0 spiro atoms. The third kappa shape index (κ3) is 11.8. The average Bonchev–Trinajstić information content (AvgIpc) is 3.22. The lowest BCUT2D eigenvalue weighted by molar-refractivity contribution is -0.145. The van der Waals surface area contributed by atoms with Crippen LogP contribution >= 0.6 is 11.8 Å². The molecule has 1 heterocycles. The van der Waals surface area contributed by atoms with E-state index in [1.165, 1.54) is 36.4 Å². The fourth-order valence-corrected chi connectivity index (χ4v) is 3.62. The molecule has 13 nitrogen and oxygen atoms in total. The number of ether oxygens (including phenoxy) is 3. The lowest BCUT2D eigenvalue weighted by Gasteiger charge is -2.19. The maximum atomic E-state index is 12.4. The number of benzene rings is 1. The molecule has 0 saturated heterocycles. The third-order valence-electron chi connectivity index (χ3n) is 4.79. The van der Waals surface area contributed by atoms with E-state index in [1.807, 2.05) is 0 Å². The van der Waals surface area contributed by atoms with E-state index in [0.717, 1.165) is 4.90 Å². The molecule has 2 N–H and O–H groups in total. The Morgan fingerprint density at radius 3 is 2.20 bits per heavy atom. The van der Waals surface area contributed by atoms with Gasteiger partial charge in [-0.15, -0.1) is 0 Å². The lowest BCUT2D eigenvalue weighted by atomic mass is 10.1. The number of thioether (sulfide) groups is 1. The van der Waals surface area contributed by atoms with Gasteiger partial charge < -0.3 is 24.8 Å². The van der Waals surface area contributed by atoms with Crippen LogP contribution in [0.15, 0.2) is 36.4 Å². The van der Waals surface area contributed by atoms with Crippen molar-refractivity contribution in [3.8, 4) is 0 Å². The first-order valence-corrected chi connectivity index (χ1v) is 13.1. The van der Waals surface area contributed by atoms with Crippen LogP contribution in [0.5, 0.6) is 0 Å². The molecule has 0 radical (unpaired) electrons. The Hall–Kier alpha value is -4.04.